The lowest BCUT2D eigenvalue weighted by Crippen LogP contribution is -2.49. The third-order valence-corrected chi connectivity index (χ3v) is 6.12. The van der Waals surface area contributed by atoms with Crippen LogP contribution in [0.15, 0.2) is 42.5 Å². The van der Waals surface area contributed by atoms with Gasteiger partial charge < -0.3 is 33.5 Å². The van der Waals surface area contributed by atoms with Crippen LogP contribution in [-0.4, -0.2) is 75.3 Å². The SMILES string of the molecule is COc1cc(C(=O)N2CCN(c3ccc(-c4ccc5c(c4)OCO5)nn3)CC2)cc(OC)c1OC. The van der Waals surface area contributed by atoms with E-state index in [0.717, 1.165) is 22.8 Å². The van der Waals surface area contributed by atoms with Crippen LogP contribution in [-0.2, 0) is 0 Å². The minimum absolute atomic E-state index is 0.0897. The van der Waals surface area contributed by atoms with E-state index < -0.39 is 0 Å². The van der Waals surface area contributed by atoms with Crippen LogP contribution in [0.5, 0.6) is 28.7 Å². The predicted molar refractivity (Wildman–Crippen MR) is 128 cm³/mol. The molecule has 10 nitrogen and oxygen atoms in total. The quantitative estimate of drug-likeness (QED) is 0.530. The highest BCUT2D eigenvalue weighted by atomic mass is 16.7. The minimum atomic E-state index is -0.0897. The lowest BCUT2D eigenvalue weighted by Gasteiger charge is -2.35. The number of aromatic nitrogens is 2. The van der Waals surface area contributed by atoms with Crippen molar-refractivity contribution in [3.63, 3.8) is 0 Å². The van der Waals surface area contributed by atoms with Crippen molar-refractivity contribution in [1.29, 1.82) is 0 Å². The van der Waals surface area contributed by atoms with Crippen LogP contribution in [0.1, 0.15) is 10.4 Å². The molecule has 0 aliphatic carbocycles. The van der Waals surface area contributed by atoms with Crippen molar-refractivity contribution in [1.82, 2.24) is 15.1 Å². The van der Waals surface area contributed by atoms with Crippen LogP contribution in [0.25, 0.3) is 11.3 Å². The summed E-state index contributed by atoms with van der Waals surface area (Å²) in [7, 11) is 4.60. The van der Waals surface area contributed by atoms with Crippen molar-refractivity contribution in [2.24, 2.45) is 0 Å². The molecule has 10 heteroatoms. The van der Waals surface area contributed by atoms with Gasteiger partial charge in [-0.2, -0.15) is 0 Å². The minimum Gasteiger partial charge on any atom is -0.493 e. The van der Waals surface area contributed by atoms with Crippen LogP contribution in [0.4, 0.5) is 5.82 Å². The first-order chi connectivity index (χ1) is 17.1. The van der Waals surface area contributed by atoms with Gasteiger partial charge in [-0.05, 0) is 42.5 Å². The molecule has 0 unspecified atom stereocenters. The van der Waals surface area contributed by atoms with E-state index in [0.29, 0.717) is 54.7 Å². The Hall–Kier alpha value is -4.21. The highest BCUT2D eigenvalue weighted by molar-refractivity contribution is 5.95. The van der Waals surface area contributed by atoms with E-state index in [-0.39, 0.29) is 12.7 Å². The second kappa shape index (κ2) is 9.57. The summed E-state index contributed by atoms with van der Waals surface area (Å²) < 4.78 is 26.9. The summed E-state index contributed by atoms with van der Waals surface area (Å²) in [4.78, 5) is 17.1. The Morgan fingerprint density at radius 1 is 0.829 bits per heavy atom. The highest BCUT2D eigenvalue weighted by Gasteiger charge is 2.25. The van der Waals surface area contributed by atoms with Crippen molar-refractivity contribution in [3.05, 3.63) is 48.0 Å². The van der Waals surface area contributed by atoms with Crippen LogP contribution >= 0.6 is 0 Å². The van der Waals surface area contributed by atoms with E-state index >= 15 is 0 Å². The number of rotatable bonds is 6. The molecule has 3 aromatic rings. The Morgan fingerprint density at radius 2 is 1.54 bits per heavy atom. The number of hydrogen-bond donors (Lipinski definition) is 0. The van der Waals surface area contributed by atoms with Gasteiger partial charge in [-0.15, -0.1) is 10.2 Å². The molecule has 2 aromatic carbocycles. The Bertz CT molecular complexity index is 1200. The van der Waals surface area contributed by atoms with Crippen molar-refractivity contribution in [2.75, 3.05) is 59.2 Å². The van der Waals surface area contributed by atoms with Gasteiger partial charge in [-0.3, -0.25) is 4.79 Å². The molecule has 1 amide bonds. The van der Waals surface area contributed by atoms with Crippen molar-refractivity contribution < 1.29 is 28.5 Å². The Morgan fingerprint density at radius 3 is 2.17 bits per heavy atom. The summed E-state index contributed by atoms with van der Waals surface area (Å²) in [6.07, 6.45) is 0. The zero-order valence-corrected chi connectivity index (χ0v) is 19.8. The molecule has 182 valence electrons. The number of fused-ring (bicyclic) bond motifs is 1. The zero-order chi connectivity index (χ0) is 24.4. The average Bonchev–Trinajstić information content (AvgIpc) is 3.40. The molecule has 1 fully saturated rings. The van der Waals surface area contributed by atoms with Gasteiger partial charge in [-0.25, -0.2) is 0 Å². The monoisotopic (exact) mass is 478 g/mol. The molecule has 0 radical (unpaired) electrons. The number of carbonyl (C=O) groups excluding carboxylic acids is 1. The standard InChI is InChI=1S/C25H26N4O6/c1-31-21-13-17(14-22(32-2)24(21)33-3)25(30)29-10-8-28(9-11-29)23-7-5-18(26-27-23)16-4-6-19-20(12-16)35-15-34-19/h4-7,12-14H,8-11,15H2,1-3H3. The second-order valence-electron chi connectivity index (χ2n) is 8.04. The molecule has 0 spiro atoms. The lowest BCUT2D eigenvalue weighted by atomic mass is 10.1. The van der Waals surface area contributed by atoms with Gasteiger partial charge in [0.25, 0.3) is 5.91 Å². The predicted octanol–water partition coefficient (Wildman–Crippen LogP) is 2.86. The van der Waals surface area contributed by atoms with E-state index in [4.69, 9.17) is 23.7 Å². The van der Waals surface area contributed by atoms with Crippen molar-refractivity contribution >= 4 is 11.7 Å². The van der Waals surface area contributed by atoms with Crippen molar-refractivity contribution in [2.45, 2.75) is 0 Å². The topological polar surface area (TPSA) is 95.5 Å². The summed E-state index contributed by atoms with van der Waals surface area (Å²) in [5.41, 5.74) is 2.15. The van der Waals surface area contributed by atoms with Gasteiger partial charge in [0, 0.05) is 37.3 Å². The Labute approximate surface area is 202 Å². The highest BCUT2D eigenvalue weighted by Crippen LogP contribution is 2.39. The molecule has 35 heavy (non-hydrogen) atoms. The Kier molecular flexibility index (Phi) is 6.17. The first kappa shape index (κ1) is 22.6. The normalized spacial score (nSPS) is 14.6. The fourth-order valence-corrected chi connectivity index (χ4v) is 4.23. The van der Waals surface area contributed by atoms with Gasteiger partial charge in [0.1, 0.15) is 0 Å². The maximum absolute atomic E-state index is 13.2. The third kappa shape index (κ3) is 4.34. The molecular formula is C25H26N4O6. The number of carbonyl (C=O) groups is 1. The number of ether oxygens (including phenoxy) is 5. The van der Waals surface area contributed by atoms with E-state index in [1.165, 1.54) is 21.3 Å². The summed E-state index contributed by atoms with van der Waals surface area (Å²) in [5, 5.41) is 8.82. The summed E-state index contributed by atoms with van der Waals surface area (Å²) in [6, 6.07) is 12.9. The number of amides is 1. The molecule has 2 aliphatic heterocycles. The van der Waals surface area contributed by atoms with E-state index in [1.54, 1.807) is 12.1 Å². The molecule has 0 saturated carbocycles. The van der Waals surface area contributed by atoms with E-state index in [2.05, 4.69) is 15.1 Å². The number of methoxy groups -OCH3 is 3. The molecule has 2 aliphatic rings. The average molecular weight is 479 g/mol. The fraction of sp³-hybridized carbons (Fsp3) is 0.320. The lowest BCUT2D eigenvalue weighted by molar-refractivity contribution is 0.0745. The summed E-state index contributed by atoms with van der Waals surface area (Å²) in [6.45, 7) is 2.64. The van der Waals surface area contributed by atoms with E-state index in [9.17, 15) is 4.79 Å². The van der Waals surface area contributed by atoms with Gasteiger partial charge in [0.05, 0.1) is 27.0 Å². The third-order valence-electron chi connectivity index (χ3n) is 6.12. The van der Waals surface area contributed by atoms with Crippen molar-refractivity contribution in [3.8, 4) is 40.0 Å². The summed E-state index contributed by atoms with van der Waals surface area (Å²) >= 11 is 0. The second-order valence-corrected chi connectivity index (χ2v) is 8.04. The molecule has 0 bridgehead atoms. The number of hydrogen-bond acceptors (Lipinski definition) is 9. The first-order valence-electron chi connectivity index (χ1n) is 11.2. The largest absolute Gasteiger partial charge is 0.493 e. The van der Waals surface area contributed by atoms with Gasteiger partial charge in [0.2, 0.25) is 12.5 Å². The Balaban J connectivity index is 1.25. The first-order valence-corrected chi connectivity index (χ1v) is 11.2. The number of piperazine rings is 1. The van der Waals surface area contributed by atoms with Crippen LogP contribution in [0, 0.1) is 0 Å². The molecule has 0 N–H and O–H groups in total. The maximum Gasteiger partial charge on any atom is 0.254 e. The van der Waals surface area contributed by atoms with Gasteiger partial charge in [-0.1, -0.05) is 0 Å². The molecule has 0 atom stereocenters. The smallest absolute Gasteiger partial charge is 0.254 e. The number of anilines is 1. The van der Waals surface area contributed by atoms with Crippen LogP contribution in [0.2, 0.25) is 0 Å². The maximum atomic E-state index is 13.2. The van der Waals surface area contributed by atoms with E-state index in [1.807, 2.05) is 35.2 Å². The molecule has 5 rings (SSSR count). The van der Waals surface area contributed by atoms with Gasteiger partial charge >= 0.3 is 0 Å². The molecule has 3 heterocycles. The summed E-state index contributed by atoms with van der Waals surface area (Å²) in [5.74, 6) is 3.48. The molecule has 1 aromatic heterocycles. The van der Waals surface area contributed by atoms with Gasteiger partial charge in [0.15, 0.2) is 28.8 Å². The molecular weight excluding hydrogens is 452 g/mol. The van der Waals surface area contributed by atoms with Crippen LogP contribution in [0.3, 0.4) is 0 Å². The van der Waals surface area contributed by atoms with Crippen LogP contribution < -0.4 is 28.6 Å². The fourth-order valence-electron chi connectivity index (χ4n) is 4.23. The zero-order valence-electron chi connectivity index (χ0n) is 19.8. The molecule has 1 saturated heterocycles. The number of nitrogens with zero attached hydrogens (tertiary/aromatic N) is 4. The number of benzene rings is 2.